The van der Waals surface area contributed by atoms with E-state index in [0.717, 1.165) is 24.8 Å². The second-order valence-electron chi connectivity index (χ2n) is 10.4. The first-order valence-electron chi connectivity index (χ1n) is 11.5. The van der Waals surface area contributed by atoms with E-state index in [0.29, 0.717) is 25.7 Å². The number of aliphatic hydroxyl groups excluding tert-OH is 1. The fourth-order valence-corrected chi connectivity index (χ4v) is 7.55. The van der Waals surface area contributed by atoms with Crippen molar-refractivity contribution in [2.24, 2.45) is 28.6 Å². The van der Waals surface area contributed by atoms with Gasteiger partial charge in [0.1, 0.15) is 5.60 Å². The average Bonchev–Trinajstić information content (AvgIpc) is 2.98. The van der Waals surface area contributed by atoms with Gasteiger partial charge in [-0.05, 0) is 74.7 Å². The van der Waals surface area contributed by atoms with Crippen molar-refractivity contribution in [3.05, 3.63) is 11.6 Å². The number of ketones is 2. The van der Waals surface area contributed by atoms with E-state index in [9.17, 15) is 24.6 Å². The average molecular weight is 435 g/mol. The van der Waals surface area contributed by atoms with Gasteiger partial charge in [-0.2, -0.15) is 0 Å². The second-order valence-corrected chi connectivity index (χ2v) is 10.4. The van der Waals surface area contributed by atoms with Crippen molar-refractivity contribution in [1.82, 2.24) is 0 Å². The minimum absolute atomic E-state index is 0.0203. The third-order valence-electron chi connectivity index (χ3n) is 9.09. The lowest BCUT2D eigenvalue weighted by Crippen LogP contribution is -2.62. The van der Waals surface area contributed by atoms with Crippen molar-refractivity contribution >= 4 is 17.7 Å². The van der Waals surface area contributed by atoms with Gasteiger partial charge in [-0.25, -0.2) is 4.79 Å². The Morgan fingerprint density at radius 3 is 2.61 bits per heavy atom. The summed E-state index contributed by atoms with van der Waals surface area (Å²) in [6.07, 6.45) is 4.43. The zero-order chi connectivity index (χ0) is 22.6. The summed E-state index contributed by atoms with van der Waals surface area (Å²) in [6, 6.07) is 0. The zero-order valence-electron chi connectivity index (χ0n) is 18.7. The van der Waals surface area contributed by atoms with Crippen molar-refractivity contribution in [2.75, 3.05) is 13.2 Å². The van der Waals surface area contributed by atoms with Gasteiger partial charge in [-0.1, -0.05) is 19.4 Å². The third-order valence-corrected chi connectivity index (χ3v) is 9.09. The van der Waals surface area contributed by atoms with Gasteiger partial charge in [0.25, 0.3) is 0 Å². The van der Waals surface area contributed by atoms with Crippen LogP contribution in [0, 0.1) is 28.6 Å². The first kappa shape index (κ1) is 22.5. The summed E-state index contributed by atoms with van der Waals surface area (Å²) in [5.74, 6) is -0.0668. The van der Waals surface area contributed by atoms with Crippen molar-refractivity contribution in [3.63, 3.8) is 0 Å². The van der Waals surface area contributed by atoms with E-state index in [1.54, 1.807) is 13.0 Å². The van der Waals surface area contributed by atoms with E-state index in [1.807, 2.05) is 6.92 Å². The summed E-state index contributed by atoms with van der Waals surface area (Å²) in [5, 5.41) is 22.9. The normalized spacial score (nSPS) is 43.9. The number of allylic oxidation sites excluding steroid dienone is 1. The third kappa shape index (κ3) is 3.27. The molecule has 3 saturated carbocycles. The van der Waals surface area contributed by atoms with Crippen LogP contribution in [0.5, 0.6) is 0 Å². The predicted molar refractivity (Wildman–Crippen MR) is 111 cm³/mol. The molecule has 172 valence electrons. The molecule has 0 unspecified atom stereocenters. The summed E-state index contributed by atoms with van der Waals surface area (Å²) >= 11 is 0. The van der Waals surface area contributed by atoms with Gasteiger partial charge in [-0.15, -0.1) is 0 Å². The molecule has 0 aliphatic heterocycles. The van der Waals surface area contributed by atoms with Crippen LogP contribution in [0.4, 0.5) is 4.79 Å². The molecular weight excluding hydrogens is 400 g/mol. The first-order valence-corrected chi connectivity index (χ1v) is 11.5. The van der Waals surface area contributed by atoms with Crippen LogP contribution >= 0.6 is 0 Å². The molecule has 0 bridgehead atoms. The Bertz CT molecular complexity index is 819. The number of Topliss-reactive ketones (excluding diaryl/α,β-unsaturated/α-hetero) is 1. The lowest BCUT2D eigenvalue weighted by Gasteiger charge is -2.60. The smallest absolute Gasteiger partial charge is 0.435 e. The van der Waals surface area contributed by atoms with E-state index in [1.165, 1.54) is 0 Å². The molecule has 0 aromatic heterocycles. The molecule has 0 radical (unpaired) electrons. The molecule has 31 heavy (non-hydrogen) atoms. The maximum Gasteiger partial charge on any atom is 0.508 e. The Labute approximate surface area is 183 Å². The Hall–Kier alpha value is -1.73. The molecule has 4 aliphatic rings. The van der Waals surface area contributed by atoms with Gasteiger partial charge in [0.2, 0.25) is 5.78 Å². The summed E-state index contributed by atoms with van der Waals surface area (Å²) < 4.78 is 9.62. The van der Waals surface area contributed by atoms with Crippen LogP contribution in [-0.2, 0) is 19.1 Å². The molecule has 0 heterocycles. The molecule has 0 saturated heterocycles. The molecule has 4 rings (SSSR count). The Balaban J connectivity index is 1.59. The Morgan fingerprint density at radius 1 is 1.16 bits per heavy atom. The molecule has 7 heteroatoms. The van der Waals surface area contributed by atoms with Crippen LogP contribution in [0.15, 0.2) is 11.6 Å². The van der Waals surface area contributed by atoms with E-state index in [-0.39, 0.29) is 35.6 Å². The predicted octanol–water partition coefficient (Wildman–Crippen LogP) is 2.96. The van der Waals surface area contributed by atoms with Crippen molar-refractivity contribution in [3.8, 4) is 0 Å². The number of fused-ring (bicyclic) bond motifs is 5. The summed E-state index contributed by atoms with van der Waals surface area (Å²) in [4.78, 5) is 36.5. The van der Waals surface area contributed by atoms with Gasteiger partial charge < -0.3 is 19.7 Å². The molecule has 0 spiro atoms. The van der Waals surface area contributed by atoms with Crippen LogP contribution in [0.2, 0.25) is 0 Å². The number of carbonyl (C=O) groups excluding carboxylic acids is 3. The number of aliphatic hydroxyl groups is 2. The van der Waals surface area contributed by atoms with Crippen LogP contribution in [0.25, 0.3) is 0 Å². The maximum atomic E-state index is 13.0. The molecule has 3 fully saturated rings. The van der Waals surface area contributed by atoms with E-state index < -0.39 is 35.7 Å². The number of hydrogen-bond acceptors (Lipinski definition) is 7. The lowest BCUT2D eigenvalue weighted by atomic mass is 9.45. The lowest BCUT2D eigenvalue weighted by molar-refractivity contribution is -0.182. The van der Waals surface area contributed by atoms with Crippen LogP contribution in [0.1, 0.15) is 65.7 Å². The van der Waals surface area contributed by atoms with Gasteiger partial charge in [0.05, 0.1) is 12.7 Å². The van der Waals surface area contributed by atoms with Gasteiger partial charge in [0, 0.05) is 11.8 Å². The van der Waals surface area contributed by atoms with E-state index >= 15 is 0 Å². The standard InChI is InChI=1S/C24H34O7/c1-4-30-21(28)31-13-19(27)24(29)10-8-17-16-6-5-14-11-15(25)7-9-22(14,2)20(16)18(26)12-23(17,24)3/h11,16-18,20,26,29H,4-10,12-13H2,1-3H3/t16-,17-,18-,20+,22+,23-,24-/m1/s1. The second kappa shape index (κ2) is 7.69. The van der Waals surface area contributed by atoms with Crippen molar-refractivity contribution in [2.45, 2.75) is 77.4 Å². The van der Waals surface area contributed by atoms with Gasteiger partial charge >= 0.3 is 6.16 Å². The minimum Gasteiger partial charge on any atom is -0.435 e. The molecule has 4 aliphatic carbocycles. The number of rotatable bonds is 4. The fraction of sp³-hybridized carbons (Fsp3) is 0.792. The van der Waals surface area contributed by atoms with Crippen molar-refractivity contribution in [1.29, 1.82) is 0 Å². The summed E-state index contributed by atoms with van der Waals surface area (Å²) in [5.41, 5.74) is -1.49. The highest BCUT2D eigenvalue weighted by Gasteiger charge is 2.68. The molecule has 7 atom stereocenters. The van der Waals surface area contributed by atoms with Crippen LogP contribution in [0.3, 0.4) is 0 Å². The Morgan fingerprint density at radius 2 is 1.90 bits per heavy atom. The maximum absolute atomic E-state index is 13.0. The van der Waals surface area contributed by atoms with Crippen LogP contribution < -0.4 is 0 Å². The van der Waals surface area contributed by atoms with Crippen LogP contribution in [-0.4, -0.2) is 52.9 Å². The molecule has 7 nitrogen and oxygen atoms in total. The SMILES string of the molecule is CCOC(=O)OCC(=O)[C@]1(O)CC[C@@H]2[C@H]3CCC4=CC(=O)CC[C@]4(C)[C@@H]3[C@H](O)C[C@]21C. The quantitative estimate of drug-likeness (QED) is 0.655. The van der Waals surface area contributed by atoms with E-state index in [4.69, 9.17) is 9.47 Å². The summed E-state index contributed by atoms with van der Waals surface area (Å²) in [7, 11) is 0. The summed E-state index contributed by atoms with van der Waals surface area (Å²) in [6.45, 7) is 5.34. The largest absolute Gasteiger partial charge is 0.508 e. The number of carbonyl (C=O) groups is 3. The van der Waals surface area contributed by atoms with Gasteiger partial charge in [0.15, 0.2) is 12.4 Å². The highest BCUT2D eigenvalue weighted by Crippen LogP contribution is 2.67. The highest BCUT2D eigenvalue weighted by molar-refractivity contribution is 5.92. The zero-order valence-corrected chi connectivity index (χ0v) is 18.7. The molecule has 2 N–H and O–H groups in total. The molecule has 0 aromatic rings. The monoisotopic (exact) mass is 434 g/mol. The molecule has 0 amide bonds. The topological polar surface area (TPSA) is 110 Å². The number of ether oxygens (including phenoxy) is 2. The van der Waals surface area contributed by atoms with Crippen molar-refractivity contribution < 1.29 is 34.1 Å². The Kier molecular flexibility index (Phi) is 5.58. The fourth-order valence-electron chi connectivity index (χ4n) is 7.55. The first-order chi connectivity index (χ1) is 14.6. The highest BCUT2D eigenvalue weighted by atomic mass is 16.7. The van der Waals surface area contributed by atoms with Gasteiger partial charge in [-0.3, -0.25) is 9.59 Å². The van der Waals surface area contributed by atoms with E-state index in [2.05, 4.69) is 6.92 Å². The molecule has 0 aromatic carbocycles. The molecular formula is C24H34O7. The number of hydrogen-bond donors (Lipinski definition) is 2. The minimum atomic E-state index is -1.64.